The number of hydrogen-bond acceptors (Lipinski definition) is 5. The predicted molar refractivity (Wildman–Crippen MR) is 96.7 cm³/mol. The summed E-state index contributed by atoms with van der Waals surface area (Å²) in [5.41, 5.74) is 1.62. The first kappa shape index (κ1) is 19.6. The van der Waals surface area contributed by atoms with Crippen molar-refractivity contribution >= 4 is 11.9 Å². The molecule has 0 heterocycles. The number of carbonyl (C=O) groups is 2. The Hall–Kier alpha value is -2.70. The van der Waals surface area contributed by atoms with Crippen LogP contribution in [0.1, 0.15) is 40.9 Å². The molecule has 2 unspecified atom stereocenters. The molecule has 0 bridgehead atoms. The van der Waals surface area contributed by atoms with Crippen LogP contribution in [-0.2, 0) is 11.3 Å². The second kappa shape index (κ2) is 9.70. The van der Waals surface area contributed by atoms with Gasteiger partial charge in [-0.1, -0.05) is 54.6 Å². The fourth-order valence-electron chi connectivity index (χ4n) is 2.54. The number of carbonyl (C=O) groups excluding carboxylic acids is 2. The van der Waals surface area contributed by atoms with Crippen molar-refractivity contribution in [1.82, 2.24) is 5.32 Å². The molecule has 0 saturated carbocycles. The number of amides is 1. The van der Waals surface area contributed by atoms with E-state index in [2.05, 4.69) is 5.32 Å². The van der Waals surface area contributed by atoms with E-state index in [1.54, 1.807) is 24.3 Å². The van der Waals surface area contributed by atoms with Gasteiger partial charge in [0.15, 0.2) is 5.78 Å². The minimum absolute atomic E-state index is 0.119. The van der Waals surface area contributed by atoms with Crippen LogP contribution in [-0.4, -0.2) is 34.7 Å². The first-order chi connectivity index (χ1) is 12.5. The van der Waals surface area contributed by atoms with Crippen molar-refractivity contribution in [3.05, 3.63) is 71.3 Å². The average molecular weight is 357 g/mol. The average Bonchev–Trinajstić information content (AvgIpc) is 2.66. The van der Waals surface area contributed by atoms with E-state index in [4.69, 9.17) is 4.74 Å². The normalized spacial score (nSPS) is 12.9. The van der Waals surface area contributed by atoms with E-state index in [1.165, 1.54) is 6.92 Å². The summed E-state index contributed by atoms with van der Waals surface area (Å²) < 4.78 is 5.07. The maximum atomic E-state index is 11.7. The molecule has 26 heavy (non-hydrogen) atoms. The van der Waals surface area contributed by atoms with Crippen LogP contribution < -0.4 is 5.32 Å². The lowest BCUT2D eigenvalue weighted by atomic mass is 9.95. The molecule has 138 valence electrons. The fraction of sp³-hybridized carbons (Fsp3) is 0.300. The highest BCUT2D eigenvalue weighted by molar-refractivity contribution is 5.95. The van der Waals surface area contributed by atoms with Gasteiger partial charge in [-0.2, -0.15) is 0 Å². The Morgan fingerprint density at radius 3 is 2.38 bits per heavy atom. The highest BCUT2D eigenvalue weighted by Gasteiger charge is 2.22. The summed E-state index contributed by atoms with van der Waals surface area (Å²) in [6.45, 7) is 1.69. The third-order valence-corrected chi connectivity index (χ3v) is 3.95. The Morgan fingerprint density at radius 1 is 1.04 bits per heavy atom. The molecule has 0 aliphatic heterocycles. The molecule has 1 amide bonds. The lowest BCUT2D eigenvalue weighted by Gasteiger charge is -2.20. The van der Waals surface area contributed by atoms with Gasteiger partial charge in [0.1, 0.15) is 12.7 Å². The summed E-state index contributed by atoms with van der Waals surface area (Å²) >= 11 is 0. The van der Waals surface area contributed by atoms with Crippen LogP contribution in [0.25, 0.3) is 0 Å². The first-order valence-corrected chi connectivity index (χ1v) is 8.39. The number of aliphatic hydroxyl groups excluding tert-OH is 2. The molecule has 3 N–H and O–H groups in total. The van der Waals surface area contributed by atoms with E-state index in [0.29, 0.717) is 11.1 Å². The Bertz CT molecular complexity index is 732. The smallest absolute Gasteiger partial charge is 0.407 e. The van der Waals surface area contributed by atoms with Crippen molar-refractivity contribution in [2.24, 2.45) is 0 Å². The Labute approximate surface area is 152 Å². The third kappa shape index (κ3) is 5.68. The van der Waals surface area contributed by atoms with Gasteiger partial charge in [0.2, 0.25) is 0 Å². The monoisotopic (exact) mass is 357 g/mol. The molecule has 0 spiro atoms. The van der Waals surface area contributed by atoms with Crippen molar-refractivity contribution in [1.29, 1.82) is 0 Å². The molecule has 2 aromatic carbocycles. The summed E-state index contributed by atoms with van der Waals surface area (Å²) in [6.07, 6.45) is -2.81. The van der Waals surface area contributed by atoms with Gasteiger partial charge in [-0.15, -0.1) is 0 Å². The highest BCUT2D eigenvalue weighted by atomic mass is 16.5. The van der Waals surface area contributed by atoms with Gasteiger partial charge in [-0.25, -0.2) is 4.79 Å². The number of hydrogen-bond donors (Lipinski definition) is 3. The quantitative estimate of drug-likeness (QED) is 0.631. The molecule has 2 atom stereocenters. The van der Waals surface area contributed by atoms with E-state index in [1.807, 2.05) is 30.3 Å². The minimum atomic E-state index is -1.21. The van der Waals surface area contributed by atoms with E-state index in [9.17, 15) is 19.8 Å². The van der Waals surface area contributed by atoms with Gasteiger partial charge in [0.05, 0.1) is 6.10 Å². The summed E-state index contributed by atoms with van der Waals surface area (Å²) in [5.74, 6) is -0.186. The van der Waals surface area contributed by atoms with Crippen LogP contribution in [0.15, 0.2) is 54.6 Å². The number of rotatable bonds is 8. The largest absolute Gasteiger partial charge is 0.445 e. The van der Waals surface area contributed by atoms with Crippen LogP contribution in [0.4, 0.5) is 4.79 Å². The second-order valence-corrected chi connectivity index (χ2v) is 5.93. The van der Waals surface area contributed by atoms with Crippen molar-refractivity contribution < 1.29 is 24.5 Å². The fourth-order valence-corrected chi connectivity index (χ4v) is 2.54. The van der Waals surface area contributed by atoms with E-state index >= 15 is 0 Å². The molecule has 0 aliphatic rings. The molecular weight excluding hydrogens is 334 g/mol. The van der Waals surface area contributed by atoms with Gasteiger partial charge in [0.25, 0.3) is 0 Å². The van der Waals surface area contributed by atoms with Crippen molar-refractivity contribution in [2.75, 3.05) is 6.54 Å². The maximum absolute atomic E-state index is 11.7. The summed E-state index contributed by atoms with van der Waals surface area (Å²) in [7, 11) is 0. The number of nitrogens with one attached hydrogen (secondary N) is 1. The van der Waals surface area contributed by atoms with Crippen LogP contribution in [0.3, 0.4) is 0 Å². The molecule has 0 radical (unpaired) electrons. The van der Waals surface area contributed by atoms with Crippen molar-refractivity contribution in [2.45, 2.75) is 32.2 Å². The number of ether oxygens (including phenoxy) is 1. The predicted octanol–water partition coefficient (Wildman–Crippen LogP) is 2.60. The molecule has 6 nitrogen and oxygen atoms in total. The Balaban J connectivity index is 1.78. The number of alkyl carbamates (subject to hydrolysis) is 1. The standard InChI is InChI=1S/C20H23NO5/c1-14(22)16-9-5-6-10-17(16)19(24)18(23)11-12-21-20(25)26-13-15-7-3-2-4-8-15/h2-10,18-19,23-24H,11-13H2,1H3,(H,21,25). The van der Waals surface area contributed by atoms with Gasteiger partial charge >= 0.3 is 6.09 Å². The first-order valence-electron chi connectivity index (χ1n) is 8.39. The number of benzene rings is 2. The topological polar surface area (TPSA) is 95.9 Å². The zero-order valence-corrected chi connectivity index (χ0v) is 14.6. The van der Waals surface area contributed by atoms with Crippen molar-refractivity contribution in [3.8, 4) is 0 Å². The maximum Gasteiger partial charge on any atom is 0.407 e. The molecule has 2 rings (SSSR count). The number of Topliss-reactive ketones (excluding diaryl/α,β-unsaturated/α-hetero) is 1. The van der Waals surface area contributed by atoms with E-state index < -0.39 is 18.3 Å². The molecule has 0 aliphatic carbocycles. The molecule has 6 heteroatoms. The van der Waals surface area contributed by atoms with E-state index in [0.717, 1.165) is 5.56 Å². The van der Waals surface area contributed by atoms with Crippen LogP contribution in [0, 0.1) is 0 Å². The van der Waals surface area contributed by atoms with Gasteiger partial charge in [-0.05, 0) is 24.5 Å². The molecule has 2 aromatic rings. The zero-order chi connectivity index (χ0) is 18.9. The van der Waals surface area contributed by atoms with Crippen LogP contribution in [0.2, 0.25) is 0 Å². The highest BCUT2D eigenvalue weighted by Crippen LogP contribution is 2.23. The van der Waals surface area contributed by atoms with Gasteiger partial charge in [-0.3, -0.25) is 4.79 Å². The zero-order valence-electron chi connectivity index (χ0n) is 14.6. The van der Waals surface area contributed by atoms with Crippen LogP contribution in [0.5, 0.6) is 0 Å². The molecule has 0 fully saturated rings. The summed E-state index contributed by atoms with van der Waals surface area (Å²) in [6, 6.07) is 15.9. The molecular formula is C20H23NO5. The van der Waals surface area contributed by atoms with Gasteiger partial charge < -0.3 is 20.3 Å². The molecule has 0 saturated heterocycles. The lowest BCUT2D eigenvalue weighted by Crippen LogP contribution is -2.30. The Kier molecular flexibility index (Phi) is 7.32. The third-order valence-electron chi connectivity index (χ3n) is 3.95. The van der Waals surface area contributed by atoms with E-state index in [-0.39, 0.29) is 25.4 Å². The number of aliphatic hydroxyl groups is 2. The van der Waals surface area contributed by atoms with Gasteiger partial charge in [0, 0.05) is 12.1 Å². The van der Waals surface area contributed by atoms with Crippen molar-refractivity contribution in [3.63, 3.8) is 0 Å². The number of ketones is 1. The Morgan fingerprint density at radius 2 is 1.69 bits per heavy atom. The van der Waals surface area contributed by atoms with Crippen LogP contribution >= 0.6 is 0 Å². The minimum Gasteiger partial charge on any atom is -0.445 e. The second-order valence-electron chi connectivity index (χ2n) is 5.93. The molecule has 0 aromatic heterocycles. The summed E-state index contributed by atoms with van der Waals surface area (Å²) in [5, 5.41) is 23.0. The summed E-state index contributed by atoms with van der Waals surface area (Å²) in [4.78, 5) is 23.3. The lowest BCUT2D eigenvalue weighted by molar-refractivity contribution is 0.0132. The SMILES string of the molecule is CC(=O)c1ccccc1C(O)C(O)CCNC(=O)OCc1ccccc1.